The first kappa shape index (κ1) is 18.3. The van der Waals surface area contributed by atoms with E-state index in [0.717, 1.165) is 11.3 Å². The summed E-state index contributed by atoms with van der Waals surface area (Å²) in [5.74, 6) is -0.859. The van der Waals surface area contributed by atoms with E-state index in [1.165, 1.54) is 6.20 Å². The number of aryl methyl sites for hydroxylation is 1. The van der Waals surface area contributed by atoms with Crippen LogP contribution in [0.3, 0.4) is 0 Å². The molecular weight excluding hydrogens is 322 g/mol. The Labute approximate surface area is 146 Å². The lowest BCUT2D eigenvalue weighted by Gasteiger charge is -2.07. The van der Waals surface area contributed by atoms with Gasteiger partial charge in [0.1, 0.15) is 5.82 Å². The lowest BCUT2D eigenvalue weighted by molar-refractivity contribution is -0.146. The van der Waals surface area contributed by atoms with Crippen molar-refractivity contribution < 1.29 is 19.1 Å². The number of benzene rings is 1. The smallest absolute Gasteiger partial charge is 0.347 e. The summed E-state index contributed by atoms with van der Waals surface area (Å²) in [6, 6.07) is 11.5. The van der Waals surface area contributed by atoms with Crippen molar-refractivity contribution in [3.63, 3.8) is 0 Å². The van der Waals surface area contributed by atoms with Crippen molar-refractivity contribution in [1.82, 2.24) is 9.78 Å². The van der Waals surface area contributed by atoms with Crippen molar-refractivity contribution in [2.24, 2.45) is 7.05 Å². The maximum atomic E-state index is 11.9. The van der Waals surface area contributed by atoms with Crippen LogP contribution in [0.5, 0.6) is 0 Å². The minimum absolute atomic E-state index is 0.166. The minimum Gasteiger partial charge on any atom is -0.462 e. The van der Waals surface area contributed by atoms with Gasteiger partial charge in [0.25, 0.3) is 0 Å². The normalized spacial score (nSPS) is 10.0. The van der Waals surface area contributed by atoms with Gasteiger partial charge in [-0.25, -0.2) is 9.59 Å². The van der Waals surface area contributed by atoms with Crippen LogP contribution in [0.4, 0.5) is 5.82 Å². The van der Waals surface area contributed by atoms with Gasteiger partial charge in [-0.05, 0) is 13.8 Å². The maximum absolute atomic E-state index is 11.9. The van der Waals surface area contributed by atoms with E-state index in [-0.39, 0.29) is 18.8 Å². The Hall–Kier alpha value is -3.09. The molecule has 0 saturated heterocycles. The quantitative estimate of drug-likeness (QED) is 0.360. The van der Waals surface area contributed by atoms with Crippen LogP contribution < -0.4 is 5.32 Å². The van der Waals surface area contributed by atoms with Gasteiger partial charge in [-0.2, -0.15) is 5.10 Å². The Balaban J connectivity index is 2.23. The molecule has 0 aliphatic carbocycles. The first-order valence-corrected chi connectivity index (χ1v) is 7.97. The van der Waals surface area contributed by atoms with Crippen molar-refractivity contribution in [3.05, 3.63) is 48.2 Å². The van der Waals surface area contributed by atoms with E-state index in [0.29, 0.717) is 5.82 Å². The molecule has 132 valence electrons. The highest BCUT2D eigenvalue weighted by Crippen LogP contribution is 2.21. The summed E-state index contributed by atoms with van der Waals surface area (Å²) >= 11 is 0. The predicted octanol–water partition coefficient (Wildman–Crippen LogP) is 2.51. The van der Waals surface area contributed by atoms with Gasteiger partial charge in [0.15, 0.2) is 5.57 Å². The second-order valence-electron chi connectivity index (χ2n) is 5.05. The number of anilines is 1. The van der Waals surface area contributed by atoms with Crippen molar-refractivity contribution in [3.8, 4) is 11.3 Å². The fraction of sp³-hybridized carbons (Fsp3) is 0.278. The Morgan fingerprint density at radius 1 is 1.12 bits per heavy atom. The van der Waals surface area contributed by atoms with Crippen molar-refractivity contribution in [2.45, 2.75) is 13.8 Å². The maximum Gasteiger partial charge on any atom is 0.347 e. The Kier molecular flexibility index (Phi) is 6.33. The molecule has 0 atom stereocenters. The number of ether oxygens (including phenoxy) is 2. The summed E-state index contributed by atoms with van der Waals surface area (Å²) in [7, 11) is 1.76. The topological polar surface area (TPSA) is 82.5 Å². The zero-order valence-electron chi connectivity index (χ0n) is 14.5. The molecule has 0 aliphatic heterocycles. The molecule has 1 aromatic carbocycles. The molecule has 7 heteroatoms. The third-order valence-electron chi connectivity index (χ3n) is 3.30. The van der Waals surface area contributed by atoms with Crippen LogP contribution in [0.1, 0.15) is 13.8 Å². The third kappa shape index (κ3) is 4.69. The molecular formula is C18H21N3O4. The number of hydrogen-bond acceptors (Lipinski definition) is 6. The summed E-state index contributed by atoms with van der Waals surface area (Å²) in [5, 5.41) is 7.33. The monoisotopic (exact) mass is 343 g/mol. The standard InChI is InChI=1S/C18H21N3O4/c1-4-24-17(22)14(18(23)25-5-2)12-19-16-11-15(20-21(16)3)13-9-7-6-8-10-13/h6-12,19H,4-5H2,1-3H3. The van der Waals surface area contributed by atoms with E-state index in [4.69, 9.17) is 9.47 Å². The van der Waals surface area contributed by atoms with Gasteiger partial charge in [0.2, 0.25) is 0 Å². The second-order valence-corrected chi connectivity index (χ2v) is 5.05. The lowest BCUT2D eigenvalue weighted by Crippen LogP contribution is -2.19. The molecule has 0 unspecified atom stereocenters. The summed E-state index contributed by atoms with van der Waals surface area (Å²) in [6.45, 7) is 3.67. The third-order valence-corrected chi connectivity index (χ3v) is 3.30. The van der Waals surface area contributed by atoms with Crippen molar-refractivity contribution in [2.75, 3.05) is 18.5 Å². The van der Waals surface area contributed by atoms with Crippen LogP contribution >= 0.6 is 0 Å². The number of hydrogen-bond donors (Lipinski definition) is 1. The number of carbonyl (C=O) groups is 2. The van der Waals surface area contributed by atoms with E-state index in [2.05, 4.69) is 10.4 Å². The second kappa shape index (κ2) is 8.68. The predicted molar refractivity (Wildman–Crippen MR) is 93.6 cm³/mol. The largest absolute Gasteiger partial charge is 0.462 e. The summed E-state index contributed by atoms with van der Waals surface area (Å²) in [4.78, 5) is 23.9. The Bertz CT molecular complexity index is 746. The first-order valence-electron chi connectivity index (χ1n) is 7.97. The average molecular weight is 343 g/mol. The molecule has 1 N–H and O–H groups in total. The van der Waals surface area contributed by atoms with Crippen LogP contribution in [0.25, 0.3) is 11.3 Å². The zero-order valence-corrected chi connectivity index (χ0v) is 14.5. The number of aromatic nitrogens is 2. The van der Waals surface area contributed by atoms with Crippen LogP contribution in [0.15, 0.2) is 48.2 Å². The molecule has 0 amide bonds. The van der Waals surface area contributed by atoms with E-state index >= 15 is 0 Å². The SMILES string of the molecule is CCOC(=O)C(=CNc1cc(-c2ccccc2)nn1C)C(=O)OCC. The van der Waals surface area contributed by atoms with Gasteiger partial charge in [-0.15, -0.1) is 0 Å². The number of esters is 2. The molecule has 1 aromatic heterocycles. The van der Waals surface area contributed by atoms with Crippen LogP contribution in [0.2, 0.25) is 0 Å². The average Bonchev–Trinajstić information content (AvgIpc) is 2.97. The van der Waals surface area contributed by atoms with E-state index < -0.39 is 11.9 Å². The molecule has 7 nitrogen and oxygen atoms in total. The fourth-order valence-corrected chi connectivity index (χ4v) is 2.12. The zero-order chi connectivity index (χ0) is 18.2. The summed E-state index contributed by atoms with van der Waals surface area (Å²) in [6.07, 6.45) is 1.28. The molecule has 0 fully saturated rings. The van der Waals surface area contributed by atoms with Crippen LogP contribution in [0, 0.1) is 0 Å². The number of nitrogens with zero attached hydrogens (tertiary/aromatic N) is 2. The van der Waals surface area contributed by atoms with Crippen LogP contribution in [-0.2, 0) is 26.1 Å². The summed E-state index contributed by atoms with van der Waals surface area (Å²) < 4.78 is 11.4. The van der Waals surface area contributed by atoms with Gasteiger partial charge >= 0.3 is 11.9 Å². The molecule has 0 bridgehead atoms. The lowest BCUT2D eigenvalue weighted by atomic mass is 10.2. The molecule has 2 aromatic rings. The Morgan fingerprint density at radius 3 is 2.28 bits per heavy atom. The van der Waals surface area contributed by atoms with Gasteiger partial charge < -0.3 is 14.8 Å². The number of carbonyl (C=O) groups excluding carboxylic acids is 2. The molecule has 25 heavy (non-hydrogen) atoms. The van der Waals surface area contributed by atoms with Gasteiger partial charge in [-0.1, -0.05) is 30.3 Å². The Morgan fingerprint density at radius 2 is 1.72 bits per heavy atom. The minimum atomic E-state index is -0.737. The number of nitrogens with one attached hydrogen (secondary N) is 1. The highest BCUT2D eigenvalue weighted by molar-refractivity contribution is 6.14. The molecule has 2 rings (SSSR count). The molecule has 0 aliphatic rings. The molecule has 1 heterocycles. The fourth-order valence-electron chi connectivity index (χ4n) is 2.12. The highest BCUT2D eigenvalue weighted by atomic mass is 16.6. The van der Waals surface area contributed by atoms with Gasteiger partial charge in [0, 0.05) is 24.9 Å². The van der Waals surface area contributed by atoms with E-state index in [9.17, 15) is 9.59 Å². The highest BCUT2D eigenvalue weighted by Gasteiger charge is 2.21. The van der Waals surface area contributed by atoms with E-state index in [1.807, 2.05) is 36.4 Å². The molecule has 0 spiro atoms. The van der Waals surface area contributed by atoms with E-state index in [1.54, 1.807) is 25.6 Å². The number of rotatable bonds is 7. The molecule has 0 radical (unpaired) electrons. The van der Waals surface area contributed by atoms with Gasteiger partial charge in [0.05, 0.1) is 18.9 Å². The first-order chi connectivity index (χ1) is 12.1. The van der Waals surface area contributed by atoms with Gasteiger partial charge in [-0.3, -0.25) is 4.68 Å². The van der Waals surface area contributed by atoms with Crippen molar-refractivity contribution >= 4 is 17.8 Å². The van der Waals surface area contributed by atoms with Crippen molar-refractivity contribution in [1.29, 1.82) is 0 Å². The molecule has 0 saturated carbocycles. The van der Waals surface area contributed by atoms with Crippen LogP contribution in [-0.4, -0.2) is 34.9 Å². The summed E-state index contributed by atoms with van der Waals surface area (Å²) in [5.41, 5.74) is 1.53.